The van der Waals surface area contributed by atoms with Crippen LogP contribution >= 0.6 is 0 Å². The lowest BCUT2D eigenvalue weighted by Gasteiger charge is -2.11. The lowest BCUT2D eigenvalue weighted by molar-refractivity contribution is 0.124. The lowest BCUT2D eigenvalue weighted by atomic mass is 10.7. The zero-order chi connectivity index (χ0) is 8.27. The fourth-order valence-electron chi connectivity index (χ4n) is 0.651. The third-order valence-corrected chi connectivity index (χ3v) is 1.17. The number of carbonyl (C=O) groups is 2. The average Bonchev–Trinajstić information content (AvgIpc) is 2.37. The summed E-state index contributed by atoms with van der Waals surface area (Å²) in [4.78, 5) is 21.2. The van der Waals surface area contributed by atoms with Gasteiger partial charge in [-0.3, -0.25) is 0 Å². The van der Waals surface area contributed by atoms with Crippen molar-refractivity contribution in [2.45, 2.75) is 0 Å². The van der Waals surface area contributed by atoms with Gasteiger partial charge in [0.1, 0.15) is 6.61 Å². The smallest absolute Gasteiger partial charge is 0.428 e. The zero-order valence-electron chi connectivity index (χ0n) is 5.99. The summed E-state index contributed by atoms with van der Waals surface area (Å²) >= 11 is 0. The van der Waals surface area contributed by atoms with Crippen molar-refractivity contribution in [3.63, 3.8) is 0 Å². The van der Waals surface area contributed by atoms with Crippen molar-refractivity contribution in [1.82, 2.24) is 10.4 Å². The number of nitrogens with zero attached hydrogens (tertiary/aromatic N) is 1. The number of rotatable bonds is 1. The summed E-state index contributed by atoms with van der Waals surface area (Å²) in [5, 5.41) is 1.05. The van der Waals surface area contributed by atoms with E-state index in [0.717, 1.165) is 5.01 Å². The molecule has 0 aromatic rings. The molecule has 6 heteroatoms. The maximum atomic E-state index is 10.7. The second kappa shape index (κ2) is 3.09. The second-order valence-electron chi connectivity index (χ2n) is 1.87. The lowest BCUT2D eigenvalue weighted by Crippen LogP contribution is -2.42. The fourth-order valence-corrected chi connectivity index (χ4v) is 0.651. The van der Waals surface area contributed by atoms with Crippen molar-refractivity contribution in [3.05, 3.63) is 0 Å². The number of hydrogen-bond donors (Lipinski definition) is 1. The van der Waals surface area contributed by atoms with Crippen LogP contribution in [-0.4, -0.2) is 37.5 Å². The van der Waals surface area contributed by atoms with Gasteiger partial charge in [-0.05, 0) is 0 Å². The first-order valence-corrected chi connectivity index (χ1v) is 3.03. The van der Waals surface area contributed by atoms with Crippen LogP contribution in [0.4, 0.5) is 9.59 Å². The first-order valence-electron chi connectivity index (χ1n) is 3.03. The molecule has 0 aromatic heterocycles. The van der Waals surface area contributed by atoms with Crippen molar-refractivity contribution in [2.24, 2.45) is 0 Å². The van der Waals surface area contributed by atoms with Crippen LogP contribution in [-0.2, 0) is 9.47 Å². The normalized spacial score (nSPS) is 16.1. The molecule has 0 unspecified atom stereocenters. The van der Waals surface area contributed by atoms with Crippen LogP contribution in [0.1, 0.15) is 0 Å². The number of hydrazine groups is 1. The highest BCUT2D eigenvalue weighted by Crippen LogP contribution is 1.98. The summed E-state index contributed by atoms with van der Waals surface area (Å²) < 4.78 is 8.79. The van der Waals surface area contributed by atoms with Crippen LogP contribution in [0.15, 0.2) is 0 Å². The molecule has 1 rings (SSSR count). The largest absolute Gasteiger partial charge is 0.452 e. The third-order valence-electron chi connectivity index (χ3n) is 1.17. The highest BCUT2D eigenvalue weighted by Gasteiger charge is 2.23. The molecule has 6 nitrogen and oxygen atoms in total. The standard InChI is InChI=1S/C5H8N2O4/c1-10-4(8)6-7-2-3-11-5(7)9/h2-3H2,1H3,(H,6,8). The van der Waals surface area contributed by atoms with Gasteiger partial charge >= 0.3 is 12.2 Å². The Hall–Kier alpha value is -1.46. The van der Waals surface area contributed by atoms with Crippen molar-refractivity contribution < 1.29 is 19.1 Å². The Labute approximate surface area is 63.0 Å². The van der Waals surface area contributed by atoms with E-state index < -0.39 is 12.2 Å². The van der Waals surface area contributed by atoms with Crippen LogP contribution < -0.4 is 5.43 Å². The molecule has 0 atom stereocenters. The molecule has 0 bridgehead atoms. The maximum absolute atomic E-state index is 10.7. The number of amides is 2. The molecular formula is C5H8N2O4. The summed E-state index contributed by atoms with van der Waals surface area (Å²) in [6.45, 7) is 0.650. The van der Waals surface area contributed by atoms with Crippen molar-refractivity contribution >= 4 is 12.2 Å². The summed E-state index contributed by atoms with van der Waals surface area (Å²) in [5.74, 6) is 0. The summed E-state index contributed by atoms with van der Waals surface area (Å²) in [6, 6.07) is 0. The Morgan fingerprint density at radius 1 is 1.82 bits per heavy atom. The Morgan fingerprint density at radius 3 is 3.00 bits per heavy atom. The van der Waals surface area contributed by atoms with E-state index in [9.17, 15) is 9.59 Å². The average molecular weight is 160 g/mol. The van der Waals surface area contributed by atoms with Crippen LogP contribution in [0.3, 0.4) is 0 Å². The van der Waals surface area contributed by atoms with Crippen LogP contribution in [0, 0.1) is 0 Å². The zero-order valence-corrected chi connectivity index (χ0v) is 5.99. The monoisotopic (exact) mass is 160 g/mol. The number of methoxy groups -OCH3 is 1. The number of hydrogen-bond acceptors (Lipinski definition) is 4. The van der Waals surface area contributed by atoms with Gasteiger partial charge < -0.3 is 9.47 Å². The third kappa shape index (κ3) is 1.73. The minimum absolute atomic E-state index is 0.294. The summed E-state index contributed by atoms with van der Waals surface area (Å²) in [6.07, 6.45) is -1.24. The van der Waals surface area contributed by atoms with Crippen LogP contribution in [0.25, 0.3) is 0 Å². The molecule has 1 N–H and O–H groups in total. The number of ether oxygens (including phenoxy) is 2. The first-order chi connectivity index (χ1) is 5.24. The van der Waals surface area contributed by atoms with Gasteiger partial charge in [-0.1, -0.05) is 0 Å². The number of carbonyl (C=O) groups excluding carboxylic acids is 2. The van der Waals surface area contributed by atoms with E-state index in [1.54, 1.807) is 0 Å². The highest BCUT2D eigenvalue weighted by molar-refractivity contribution is 5.74. The maximum Gasteiger partial charge on any atom is 0.428 e. The molecule has 1 aliphatic rings. The fraction of sp³-hybridized carbons (Fsp3) is 0.600. The Kier molecular flexibility index (Phi) is 2.15. The number of nitrogens with one attached hydrogen (secondary N) is 1. The quantitative estimate of drug-likeness (QED) is 0.572. The molecule has 1 fully saturated rings. The molecule has 1 heterocycles. The van der Waals surface area contributed by atoms with Gasteiger partial charge in [0.05, 0.1) is 13.7 Å². The van der Waals surface area contributed by atoms with Crippen molar-refractivity contribution in [3.8, 4) is 0 Å². The second-order valence-corrected chi connectivity index (χ2v) is 1.87. The topological polar surface area (TPSA) is 67.9 Å². The minimum atomic E-state index is -0.677. The van der Waals surface area contributed by atoms with E-state index in [4.69, 9.17) is 0 Å². The predicted octanol–water partition coefficient (Wildman–Crippen LogP) is -0.290. The SMILES string of the molecule is COC(=O)NN1CCOC1=O. The predicted molar refractivity (Wildman–Crippen MR) is 33.6 cm³/mol. The molecule has 0 radical (unpaired) electrons. The molecule has 0 spiro atoms. The van der Waals surface area contributed by atoms with Gasteiger partial charge in [0.25, 0.3) is 0 Å². The minimum Gasteiger partial charge on any atom is -0.452 e. The van der Waals surface area contributed by atoms with Crippen molar-refractivity contribution in [2.75, 3.05) is 20.3 Å². The molecule has 0 aliphatic carbocycles. The van der Waals surface area contributed by atoms with Crippen LogP contribution in [0.2, 0.25) is 0 Å². The molecule has 1 aliphatic heterocycles. The van der Waals surface area contributed by atoms with Gasteiger partial charge in [-0.2, -0.15) is 0 Å². The molecule has 2 amide bonds. The van der Waals surface area contributed by atoms with Gasteiger partial charge in [-0.25, -0.2) is 20.0 Å². The Bertz CT molecular complexity index is 181. The Balaban J connectivity index is 2.36. The molecule has 62 valence electrons. The molecule has 0 saturated carbocycles. The van der Waals surface area contributed by atoms with E-state index in [2.05, 4.69) is 14.9 Å². The molecule has 0 aromatic carbocycles. The van der Waals surface area contributed by atoms with Gasteiger partial charge in [0.15, 0.2) is 0 Å². The van der Waals surface area contributed by atoms with E-state index in [0.29, 0.717) is 13.2 Å². The first kappa shape index (κ1) is 7.64. The van der Waals surface area contributed by atoms with E-state index in [-0.39, 0.29) is 0 Å². The summed E-state index contributed by atoms with van der Waals surface area (Å²) in [5.41, 5.74) is 2.18. The summed E-state index contributed by atoms with van der Waals surface area (Å²) in [7, 11) is 1.22. The van der Waals surface area contributed by atoms with Crippen molar-refractivity contribution in [1.29, 1.82) is 0 Å². The number of cyclic esters (lactones) is 1. The van der Waals surface area contributed by atoms with Gasteiger partial charge in [-0.15, -0.1) is 0 Å². The Morgan fingerprint density at radius 2 is 2.55 bits per heavy atom. The van der Waals surface area contributed by atoms with Gasteiger partial charge in [0.2, 0.25) is 0 Å². The van der Waals surface area contributed by atoms with E-state index in [1.807, 2.05) is 0 Å². The molecular weight excluding hydrogens is 152 g/mol. The van der Waals surface area contributed by atoms with E-state index >= 15 is 0 Å². The van der Waals surface area contributed by atoms with E-state index in [1.165, 1.54) is 7.11 Å². The van der Waals surface area contributed by atoms with Gasteiger partial charge in [0, 0.05) is 0 Å². The highest BCUT2D eigenvalue weighted by atomic mass is 16.6. The van der Waals surface area contributed by atoms with Crippen LogP contribution in [0.5, 0.6) is 0 Å². The molecule has 1 saturated heterocycles. The molecule has 11 heavy (non-hydrogen) atoms.